The van der Waals surface area contributed by atoms with Crippen LogP contribution in [0.1, 0.15) is 6.92 Å². The van der Waals surface area contributed by atoms with Gasteiger partial charge in [-0.2, -0.15) is 4.98 Å². The zero-order chi connectivity index (χ0) is 18.8. The summed E-state index contributed by atoms with van der Waals surface area (Å²) in [4.78, 5) is 28.5. The number of carbonyl (C=O) groups is 1. The highest BCUT2D eigenvalue weighted by molar-refractivity contribution is 5.77. The number of amides is 1. The third-order valence-electron chi connectivity index (χ3n) is 4.68. The number of hydrogen-bond donors (Lipinski definition) is 2. The zero-order valence-electron chi connectivity index (χ0n) is 15.1. The Balaban J connectivity index is 1.44. The molecule has 1 aromatic carbocycles. The van der Waals surface area contributed by atoms with E-state index in [9.17, 15) is 4.79 Å². The molecule has 8 nitrogen and oxygen atoms in total. The average molecular weight is 363 g/mol. The largest absolute Gasteiger partial charge is 0.384 e. The van der Waals surface area contributed by atoms with Crippen molar-refractivity contribution in [2.24, 2.45) is 0 Å². The van der Waals surface area contributed by atoms with Gasteiger partial charge in [-0.05, 0) is 36.4 Å². The van der Waals surface area contributed by atoms with E-state index in [-0.39, 0.29) is 5.91 Å². The van der Waals surface area contributed by atoms with Crippen LogP contribution < -0.4 is 16.0 Å². The highest BCUT2D eigenvalue weighted by atomic mass is 16.2. The summed E-state index contributed by atoms with van der Waals surface area (Å²) in [6, 6.07) is 11.7. The number of benzene rings is 1. The monoisotopic (exact) mass is 363 g/mol. The fourth-order valence-electron chi connectivity index (χ4n) is 3.15. The van der Waals surface area contributed by atoms with E-state index in [1.54, 1.807) is 19.2 Å². The number of nitrogens with two attached hydrogens (primary N) is 1. The molecular weight excluding hydrogens is 342 g/mol. The standard InChI is InChI=1S/C19H21N7O/c1-13(27)25-8-10-26(11-9-25)16-5-3-15(4-6-16)22-19-21-12-14-2-7-17(20)23-18(14)24-19/h2-7,12H,8-11H2,1H3,(H3,20,21,22,23,24). The van der Waals surface area contributed by atoms with Gasteiger partial charge in [-0.25, -0.2) is 9.97 Å². The van der Waals surface area contributed by atoms with Gasteiger partial charge in [0.05, 0.1) is 0 Å². The molecule has 0 aliphatic carbocycles. The topological polar surface area (TPSA) is 100 Å². The van der Waals surface area contributed by atoms with Gasteiger partial charge in [-0.3, -0.25) is 4.79 Å². The molecule has 3 aromatic rings. The molecule has 0 spiro atoms. The maximum Gasteiger partial charge on any atom is 0.229 e. The van der Waals surface area contributed by atoms with E-state index in [1.807, 2.05) is 23.1 Å². The minimum Gasteiger partial charge on any atom is -0.384 e. The lowest BCUT2D eigenvalue weighted by Crippen LogP contribution is -2.48. The number of nitrogen functional groups attached to an aromatic ring is 1. The smallest absolute Gasteiger partial charge is 0.229 e. The predicted molar refractivity (Wildman–Crippen MR) is 106 cm³/mol. The molecule has 0 atom stereocenters. The van der Waals surface area contributed by atoms with Gasteiger partial charge in [-0.15, -0.1) is 0 Å². The highest BCUT2D eigenvalue weighted by Gasteiger charge is 2.18. The Bertz CT molecular complexity index is 965. The van der Waals surface area contributed by atoms with Crippen LogP contribution in [0, 0.1) is 0 Å². The number of pyridine rings is 1. The number of rotatable bonds is 3. The Morgan fingerprint density at radius 2 is 1.78 bits per heavy atom. The summed E-state index contributed by atoms with van der Waals surface area (Å²) in [6.45, 7) is 4.82. The normalized spacial score (nSPS) is 14.4. The van der Waals surface area contributed by atoms with Gasteiger partial charge in [0, 0.05) is 56.1 Å². The minimum absolute atomic E-state index is 0.140. The van der Waals surface area contributed by atoms with Crippen LogP contribution in [0.3, 0.4) is 0 Å². The summed E-state index contributed by atoms with van der Waals surface area (Å²) in [6.07, 6.45) is 1.72. The van der Waals surface area contributed by atoms with Crippen LogP contribution in [0.4, 0.5) is 23.1 Å². The second-order valence-corrected chi connectivity index (χ2v) is 6.51. The fraction of sp³-hybridized carbons (Fsp3) is 0.263. The Morgan fingerprint density at radius 1 is 1.04 bits per heavy atom. The van der Waals surface area contributed by atoms with Crippen LogP contribution in [0.2, 0.25) is 0 Å². The van der Waals surface area contributed by atoms with E-state index in [2.05, 4.69) is 37.3 Å². The van der Waals surface area contributed by atoms with Gasteiger partial charge in [0.2, 0.25) is 11.9 Å². The van der Waals surface area contributed by atoms with E-state index < -0.39 is 0 Å². The van der Waals surface area contributed by atoms with Crippen molar-refractivity contribution in [2.75, 3.05) is 42.1 Å². The molecule has 0 saturated carbocycles. The molecule has 1 aliphatic heterocycles. The third-order valence-corrected chi connectivity index (χ3v) is 4.68. The van der Waals surface area contributed by atoms with Gasteiger partial charge in [-0.1, -0.05) is 0 Å². The molecule has 0 radical (unpaired) electrons. The first kappa shape index (κ1) is 17.0. The van der Waals surface area contributed by atoms with Gasteiger partial charge in [0.1, 0.15) is 5.82 Å². The molecular formula is C19H21N7O. The van der Waals surface area contributed by atoms with E-state index in [1.165, 1.54) is 0 Å². The van der Waals surface area contributed by atoms with Gasteiger partial charge >= 0.3 is 0 Å². The Labute approximate surface area is 157 Å². The van der Waals surface area contributed by atoms with Crippen LogP contribution in [0.25, 0.3) is 11.0 Å². The summed E-state index contributed by atoms with van der Waals surface area (Å²) in [5.74, 6) is 1.05. The Hall–Kier alpha value is -3.42. The molecule has 2 aromatic heterocycles. The lowest BCUT2D eigenvalue weighted by Gasteiger charge is -2.35. The van der Waals surface area contributed by atoms with Crippen LogP contribution in [0.15, 0.2) is 42.6 Å². The predicted octanol–water partition coefficient (Wildman–Crippen LogP) is 2.02. The molecule has 1 saturated heterocycles. The quantitative estimate of drug-likeness (QED) is 0.734. The van der Waals surface area contributed by atoms with Crippen molar-refractivity contribution in [1.82, 2.24) is 19.9 Å². The van der Waals surface area contributed by atoms with Crippen LogP contribution in [-0.2, 0) is 4.79 Å². The highest BCUT2D eigenvalue weighted by Crippen LogP contribution is 2.22. The van der Waals surface area contributed by atoms with Crippen molar-refractivity contribution in [3.05, 3.63) is 42.6 Å². The Kier molecular flexibility index (Phi) is 4.45. The lowest BCUT2D eigenvalue weighted by atomic mass is 10.2. The number of carbonyl (C=O) groups excluding carboxylic acids is 1. The number of nitrogens with one attached hydrogen (secondary N) is 1. The summed E-state index contributed by atoms with van der Waals surface area (Å²) in [5, 5.41) is 4.04. The van der Waals surface area contributed by atoms with E-state index in [4.69, 9.17) is 5.73 Å². The summed E-state index contributed by atoms with van der Waals surface area (Å²) < 4.78 is 0. The number of fused-ring (bicyclic) bond motifs is 1. The zero-order valence-corrected chi connectivity index (χ0v) is 15.1. The number of aromatic nitrogens is 3. The van der Waals surface area contributed by atoms with Crippen molar-refractivity contribution < 1.29 is 4.79 Å². The first-order chi connectivity index (χ1) is 13.1. The van der Waals surface area contributed by atoms with Crippen molar-refractivity contribution in [1.29, 1.82) is 0 Å². The molecule has 1 amide bonds. The molecule has 3 N–H and O–H groups in total. The molecule has 1 aliphatic rings. The second kappa shape index (κ2) is 7.06. The summed E-state index contributed by atoms with van der Waals surface area (Å²) >= 11 is 0. The molecule has 27 heavy (non-hydrogen) atoms. The first-order valence-electron chi connectivity index (χ1n) is 8.85. The first-order valence-corrected chi connectivity index (χ1v) is 8.85. The van der Waals surface area contributed by atoms with Crippen LogP contribution >= 0.6 is 0 Å². The van der Waals surface area contributed by atoms with Gasteiger partial charge < -0.3 is 20.9 Å². The second-order valence-electron chi connectivity index (χ2n) is 6.51. The van der Waals surface area contributed by atoms with Crippen LogP contribution in [0.5, 0.6) is 0 Å². The third kappa shape index (κ3) is 3.74. The summed E-state index contributed by atoms with van der Waals surface area (Å²) in [5.41, 5.74) is 8.31. The molecule has 3 heterocycles. The lowest BCUT2D eigenvalue weighted by molar-refractivity contribution is -0.129. The van der Waals surface area contributed by atoms with Gasteiger partial charge in [0.15, 0.2) is 5.65 Å². The fourth-order valence-corrected chi connectivity index (χ4v) is 3.15. The molecule has 138 valence electrons. The molecule has 0 unspecified atom stereocenters. The van der Waals surface area contributed by atoms with Crippen molar-refractivity contribution >= 4 is 40.1 Å². The van der Waals surface area contributed by atoms with Crippen molar-refractivity contribution in [3.63, 3.8) is 0 Å². The molecule has 8 heteroatoms. The van der Waals surface area contributed by atoms with E-state index >= 15 is 0 Å². The molecule has 1 fully saturated rings. The van der Waals surface area contributed by atoms with Crippen molar-refractivity contribution in [2.45, 2.75) is 6.92 Å². The minimum atomic E-state index is 0.140. The molecule has 4 rings (SSSR count). The Morgan fingerprint density at radius 3 is 2.48 bits per heavy atom. The van der Waals surface area contributed by atoms with E-state index in [0.717, 1.165) is 42.9 Å². The molecule has 0 bridgehead atoms. The maximum absolute atomic E-state index is 11.4. The number of piperazine rings is 1. The van der Waals surface area contributed by atoms with Gasteiger partial charge in [0.25, 0.3) is 0 Å². The average Bonchev–Trinajstić information content (AvgIpc) is 2.68. The SMILES string of the molecule is CC(=O)N1CCN(c2ccc(Nc3ncc4ccc(N)nc4n3)cc2)CC1. The van der Waals surface area contributed by atoms with E-state index in [0.29, 0.717) is 17.4 Å². The van der Waals surface area contributed by atoms with Crippen molar-refractivity contribution in [3.8, 4) is 0 Å². The maximum atomic E-state index is 11.4. The number of hydrogen-bond acceptors (Lipinski definition) is 7. The summed E-state index contributed by atoms with van der Waals surface area (Å²) in [7, 11) is 0. The number of anilines is 4. The number of nitrogens with zero attached hydrogens (tertiary/aromatic N) is 5. The van der Waals surface area contributed by atoms with Crippen LogP contribution in [-0.4, -0.2) is 51.9 Å².